The summed E-state index contributed by atoms with van der Waals surface area (Å²) in [6, 6.07) is 6.04. The summed E-state index contributed by atoms with van der Waals surface area (Å²) in [6.07, 6.45) is 6.44. The number of hydrogen-bond acceptors (Lipinski definition) is 3. The van der Waals surface area contributed by atoms with Crippen molar-refractivity contribution in [2.24, 2.45) is 11.7 Å². The van der Waals surface area contributed by atoms with E-state index in [1.165, 1.54) is 32.1 Å². The zero-order valence-electron chi connectivity index (χ0n) is 11.7. The Labute approximate surface area is 121 Å². The van der Waals surface area contributed by atoms with Gasteiger partial charge in [-0.3, -0.25) is 0 Å². The molecule has 0 heterocycles. The Bertz CT molecular complexity index is 369. The molecule has 1 aliphatic carbocycles. The van der Waals surface area contributed by atoms with Gasteiger partial charge < -0.3 is 15.2 Å². The van der Waals surface area contributed by atoms with Crippen LogP contribution < -0.4 is 15.2 Å². The third-order valence-electron chi connectivity index (χ3n) is 3.92. The third-order valence-corrected chi connectivity index (χ3v) is 3.92. The van der Waals surface area contributed by atoms with Crippen molar-refractivity contribution in [2.45, 2.75) is 38.1 Å². The lowest BCUT2D eigenvalue weighted by Crippen LogP contribution is -2.23. The Morgan fingerprint density at radius 3 is 2.00 bits per heavy atom. The number of benzene rings is 1. The standard InChI is InChI=1S/C15H23NO2.ClH/c1-17-13-8-12(9-14(10-13)18-2)15(16)11-6-4-3-5-7-11;/h8-11,15H,3-7,16H2,1-2H3;1H/t15-;/m0./s1. The first kappa shape index (κ1) is 16.1. The highest BCUT2D eigenvalue weighted by Gasteiger charge is 2.22. The van der Waals surface area contributed by atoms with Gasteiger partial charge in [-0.05, 0) is 36.5 Å². The molecule has 0 unspecified atom stereocenters. The van der Waals surface area contributed by atoms with Crippen LogP contribution in [-0.4, -0.2) is 14.2 Å². The van der Waals surface area contributed by atoms with Gasteiger partial charge in [-0.2, -0.15) is 0 Å². The largest absolute Gasteiger partial charge is 0.497 e. The first-order valence-electron chi connectivity index (χ1n) is 6.73. The van der Waals surface area contributed by atoms with Crippen LogP contribution >= 0.6 is 12.4 Å². The van der Waals surface area contributed by atoms with Crippen LogP contribution in [0.15, 0.2) is 18.2 Å². The van der Waals surface area contributed by atoms with Crippen LogP contribution in [0.25, 0.3) is 0 Å². The monoisotopic (exact) mass is 285 g/mol. The predicted molar refractivity (Wildman–Crippen MR) is 80.3 cm³/mol. The van der Waals surface area contributed by atoms with Gasteiger partial charge in [0, 0.05) is 12.1 Å². The second-order valence-electron chi connectivity index (χ2n) is 5.07. The zero-order chi connectivity index (χ0) is 13.0. The highest BCUT2D eigenvalue weighted by atomic mass is 35.5. The summed E-state index contributed by atoms with van der Waals surface area (Å²) in [5, 5.41) is 0. The zero-order valence-corrected chi connectivity index (χ0v) is 12.5. The van der Waals surface area contributed by atoms with E-state index < -0.39 is 0 Å². The Kier molecular flexibility index (Phi) is 6.46. The van der Waals surface area contributed by atoms with E-state index in [-0.39, 0.29) is 18.4 Å². The lowest BCUT2D eigenvalue weighted by molar-refractivity contribution is 0.306. The number of hydrogen-bond donors (Lipinski definition) is 1. The molecule has 4 heteroatoms. The Morgan fingerprint density at radius 2 is 1.53 bits per heavy atom. The minimum Gasteiger partial charge on any atom is -0.497 e. The van der Waals surface area contributed by atoms with Crippen LogP contribution in [0.1, 0.15) is 43.7 Å². The second kappa shape index (κ2) is 7.61. The van der Waals surface area contributed by atoms with E-state index in [0.29, 0.717) is 5.92 Å². The van der Waals surface area contributed by atoms with E-state index in [9.17, 15) is 0 Å². The SMILES string of the molecule is COc1cc(OC)cc([C@@H](N)C2CCCCC2)c1.Cl. The van der Waals surface area contributed by atoms with E-state index in [4.69, 9.17) is 15.2 Å². The topological polar surface area (TPSA) is 44.5 Å². The molecule has 0 spiro atoms. The van der Waals surface area contributed by atoms with E-state index in [2.05, 4.69) is 0 Å². The lowest BCUT2D eigenvalue weighted by atomic mass is 9.81. The fourth-order valence-corrected chi connectivity index (χ4v) is 2.79. The van der Waals surface area contributed by atoms with Gasteiger partial charge in [0.1, 0.15) is 11.5 Å². The molecule has 2 rings (SSSR count). The van der Waals surface area contributed by atoms with Crippen LogP contribution in [0.4, 0.5) is 0 Å². The number of methoxy groups -OCH3 is 2. The molecule has 19 heavy (non-hydrogen) atoms. The molecular weight excluding hydrogens is 262 g/mol. The molecule has 1 aromatic carbocycles. The molecule has 2 N–H and O–H groups in total. The molecule has 0 saturated heterocycles. The normalized spacial score (nSPS) is 17.4. The summed E-state index contributed by atoms with van der Waals surface area (Å²) >= 11 is 0. The van der Waals surface area contributed by atoms with E-state index in [1.54, 1.807) is 14.2 Å². The molecule has 1 fully saturated rings. The van der Waals surface area contributed by atoms with Gasteiger partial charge in [-0.1, -0.05) is 19.3 Å². The van der Waals surface area contributed by atoms with Crippen molar-refractivity contribution in [1.29, 1.82) is 0 Å². The van der Waals surface area contributed by atoms with Crippen LogP contribution in [0.5, 0.6) is 11.5 Å². The predicted octanol–water partition coefficient (Wildman–Crippen LogP) is 3.71. The maximum atomic E-state index is 6.41. The second-order valence-corrected chi connectivity index (χ2v) is 5.07. The van der Waals surface area contributed by atoms with Crippen molar-refractivity contribution in [3.8, 4) is 11.5 Å². The fourth-order valence-electron chi connectivity index (χ4n) is 2.79. The number of halogens is 1. The molecule has 108 valence electrons. The van der Waals surface area contributed by atoms with Gasteiger partial charge >= 0.3 is 0 Å². The Hall–Kier alpha value is -0.930. The molecule has 3 nitrogen and oxygen atoms in total. The highest BCUT2D eigenvalue weighted by Crippen LogP contribution is 2.35. The molecule has 0 radical (unpaired) electrons. The van der Waals surface area contributed by atoms with Gasteiger partial charge in [0.25, 0.3) is 0 Å². The number of rotatable bonds is 4. The van der Waals surface area contributed by atoms with E-state index in [1.807, 2.05) is 18.2 Å². The van der Waals surface area contributed by atoms with Crippen LogP contribution in [0.2, 0.25) is 0 Å². The maximum absolute atomic E-state index is 6.41. The van der Waals surface area contributed by atoms with Crippen LogP contribution in [0, 0.1) is 5.92 Å². The molecule has 0 amide bonds. The summed E-state index contributed by atoms with van der Waals surface area (Å²) < 4.78 is 10.6. The van der Waals surface area contributed by atoms with Crippen molar-refractivity contribution in [3.63, 3.8) is 0 Å². The molecule has 0 bridgehead atoms. The molecule has 1 aromatic rings. The van der Waals surface area contributed by atoms with Crippen molar-refractivity contribution < 1.29 is 9.47 Å². The van der Waals surface area contributed by atoms with Crippen molar-refractivity contribution in [3.05, 3.63) is 23.8 Å². The quantitative estimate of drug-likeness (QED) is 0.917. The Morgan fingerprint density at radius 1 is 1.00 bits per heavy atom. The van der Waals surface area contributed by atoms with Crippen molar-refractivity contribution in [1.82, 2.24) is 0 Å². The van der Waals surface area contributed by atoms with Gasteiger partial charge in [0.05, 0.1) is 14.2 Å². The molecule has 1 atom stereocenters. The average Bonchev–Trinajstić information content (AvgIpc) is 2.46. The number of ether oxygens (including phenoxy) is 2. The summed E-state index contributed by atoms with van der Waals surface area (Å²) in [5.74, 6) is 2.22. The van der Waals surface area contributed by atoms with Gasteiger partial charge in [0.2, 0.25) is 0 Å². The maximum Gasteiger partial charge on any atom is 0.122 e. The van der Waals surface area contributed by atoms with Crippen molar-refractivity contribution >= 4 is 12.4 Å². The molecule has 0 aromatic heterocycles. The van der Waals surface area contributed by atoms with Gasteiger partial charge in [0.15, 0.2) is 0 Å². The summed E-state index contributed by atoms with van der Waals surface area (Å²) in [6.45, 7) is 0. The minimum atomic E-state index is 0. The van der Waals surface area contributed by atoms with E-state index in [0.717, 1.165) is 17.1 Å². The first-order chi connectivity index (χ1) is 8.74. The average molecular weight is 286 g/mol. The lowest BCUT2D eigenvalue weighted by Gasteiger charge is -2.28. The molecular formula is C15H24ClNO2. The first-order valence-corrected chi connectivity index (χ1v) is 6.73. The summed E-state index contributed by atoms with van der Waals surface area (Å²) in [5.41, 5.74) is 7.53. The summed E-state index contributed by atoms with van der Waals surface area (Å²) in [7, 11) is 3.34. The molecule has 0 aliphatic heterocycles. The van der Waals surface area contributed by atoms with Crippen LogP contribution in [0.3, 0.4) is 0 Å². The molecule has 1 saturated carbocycles. The van der Waals surface area contributed by atoms with Crippen LogP contribution in [-0.2, 0) is 0 Å². The van der Waals surface area contributed by atoms with Gasteiger partial charge in [-0.25, -0.2) is 0 Å². The molecule has 1 aliphatic rings. The third kappa shape index (κ3) is 4.02. The fraction of sp³-hybridized carbons (Fsp3) is 0.600. The highest BCUT2D eigenvalue weighted by molar-refractivity contribution is 5.85. The Balaban J connectivity index is 0.00000180. The summed E-state index contributed by atoms with van der Waals surface area (Å²) in [4.78, 5) is 0. The smallest absolute Gasteiger partial charge is 0.122 e. The van der Waals surface area contributed by atoms with Crippen molar-refractivity contribution in [2.75, 3.05) is 14.2 Å². The van der Waals surface area contributed by atoms with E-state index >= 15 is 0 Å². The number of nitrogens with two attached hydrogens (primary N) is 1. The van der Waals surface area contributed by atoms with Gasteiger partial charge in [-0.15, -0.1) is 12.4 Å². The minimum absolute atomic E-state index is 0.